The maximum atomic E-state index is 4.34. The maximum Gasteiger partial charge on any atom is 0.191 e. The van der Waals surface area contributed by atoms with Gasteiger partial charge in [-0.1, -0.05) is 25.0 Å². The van der Waals surface area contributed by atoms with Crippen molar-refractivity contribution < 1.29 is 0 Å². The second-order valence-electron chi connectivity index (χ2n) is 6.19. The van der Waals surface area contributed by atoms with Crippen LogP contribution in [0.25, 0.3) is 10.9 Å². The Balaban J connectivity index is 1.57. The predicted molar refractivity (Wildman–Crippen MR) is 93.5 cm³/mol. The van der Waals surface area contributed by atoms with Crippen LogP contribution in [0.3, 0.4) is 0 Å². The number of nitrogens with one attached hydrogen (secondary N) is 3. The van der Waals surface area contributed by atoms with E-state index in [0.29, 0.717) is 6.04 Å². The summed E-state index contributed by atoms with van der Waals surface area (Å²) in [7, 11) is 1.85. The first-order valence-corrected chi connectivity index (χ1v) is 8.30. The molecule has 0 bridgehead atoms. The van der Waals surface area contributed by atoms with Gasteiger partial charge in [-0.05, 0) is 43.4 Å². The number of benzene rings is 1. The van der Waals surface area contributed by atoms with Crippen molar-refractivity contribution in [2.24, 2.45) is 4.99 Å². The Morgan fingerprint density at radius 2 is 2.14 bits per heavy atom. The van der Waals surface area contributed by atoms with E-state index in [4.69, 9.17) is 0 Å². The van der Waals surface area contributed by atoms with Crippen LogP contribution in [-0.2, 0) is 6.42 Å². The van der Waals surface area contributed by atoms with Gasteiger partial charge in [0.2, 0.25) is 0 Å². The number of nitrogens with zero attached hydrogens (tertiary/aromatic N) is 1. The Kier molecular flexibility index (Phi) is 4.66. The van der Waals surface area contributed by atoms with E-state index in [1.54, 1.807) is 0 Å². The van der Waals surface area contributed by atoms with E-state index in [1.165, 1.54) is 47.7 Å². The van der Waals surface area contributed by atoms with Crippen LogP contribution >= 0.6 is 0 Å². The number of aromatic amines is 1. The summed E-state index contributed by atoms with van der Waals surface area (Å²) in [5, 5.41) is 8.33. The molecule has 0 aliphatic heterocycles. The van der Waals surface area contributed by atoms with E-state index < -0.39 is 0 Å². The van der Waals surface area contributed by atoms with Gasteiger partial charge in [0.1, 0.15) is 0 Å². The lowest BCUT2D eigenvalue weighted by atomic mass is 10.1. The second kappa shape index (κ2) is 6.86. The molecule has 2 aromatic rings. The van der Waals surface area contributed by atoms with Crippen LogP contribution in [0, 0.1) is 6.92 Å². The molecule has 3 rings (SSSR count). The Hall–Kier alpha value is -1.97. The Morgan fingerprint density at radius 3 is 2.91 bits per heavy atom. The smallest absolute Gasteiger partial charge is 0.191 e. The molecule has 1 saturated carbocycles. The van der Waals surface area contributed by atoms with Crippen LogP contribution in [0.2, 0.25) is 0 Å². The number of H-pyrrole nitrogens is 1. The summed E-state index contributed by atoms with van der Waals surface area (Å²) < 4.78 is 0. The topological polar surface area (TPSA) is 52.2 Å². The zero-order valence-corrected chi connectivity index (χ0v) is 13.6. The van der Waals surface area contributed by atoms with Crippen molar-refractivity contribution in [2.45, 2.75) is 45.1 Å². The van der Waals surface area contributed by atoms with E-state index in [2.05, 4.69) is 51.9 Å². The normalized spacial score (nSPS) is 16.4. The van der Waals surface area contributed by atoms with Crippen molar-refractivity contribution in [1.82, 2.24) is 15.6 Å². The van der Waals surface area contributed by atoms with Crippen molar-refractivity contribution >= 4 is 16.9 Å². The molecule has 3 N–H and O–H groups in total. The lowest BCUT2D eigenvalue weighted by Gasteiger charge is -2.16. The number of hydrogen-bond acceptors (Lipinski definition) is 1. The minimum Gasteiger partial charge on any atom is -0.361 e. The van der Waals surface area contributed by atoms with Gasteiger partial charge in [0.25, 0.3) is 0 Å². The average molecular weight is 298 g/mol. The summed E-state index contributed by atoms with van der Waals surface area (Å²) in [4.78, 5) is 7.70. The highest BCUT2D eigenvalue weighted by Crippen LogP contribution is 2.22. The monoisotopic (exact) mass is 298 g/mol. The molecule has 4 nitrogen and oxygen atoms in total. The average Bonchev–Trinajstić information content (AvgIpc) is 3.17. The van der Waals surface area contributed by atoms with Crippen molar-refractivity contribution in [1.29, 1.82) is 0 Å². The van der Waals surface area contributed by atoms with E-state index >= 15 is 0 Å². The first kappa shape index (κ1) is 14.9. The first-order valence-electron chi connectivity index (χ1n) is 8.30. The molecule has 0 radical (unpaired) electrons. The zero-order valence-electron chi connectivity index (χ0n) is 13.6. The van der Waals surface area contributed by atoms with E-state index in [1.807, 2.05) is 7.05 Å². The van der Waals surface area contributed by atoms with Crippen LogP contribution in [0.15, 0.2) is 29.4 Å². The van der Waals surface area contributed by atoms with E-state index in [-0.39, 0.29) is 0 Å². The number of rotatable bonds is 4. The predicted octanol–water partition coefficient (Wildman–Crippen LogP) is 3.13. The SMILES string of the molecule is CN=C(NCCc1c[nH]c2cccc(C)c12)NC1CCCC1. The van der Waals surface area contributed by atoms with Crippen molar-refractivity contribution in [2.75, 3.05) is 13.6 Å². The Labute approximate surface area is 132 Å². The van der Waals surface area contributed by atoms with Crippen LogP contribution in [0.5, 0.6) is 0 Å². The fourth-order valence-electron chi connectivity index (χ4n) is 3.42. The first-order chi connectivity index (χ1) is 10.8. The molecule has 1 heterocycles. The third kappa shape index (κ3) is 3.26. The summed E-state index contributed by atoms with van der Waals surface area (Å²) in [5.74, 6) is 0.934. The van der Waals surface area contributed by atoms with Gasteiger partial charge in [-0.3, -0.25) is 4.99 Å². The van der Waals surface area contributed by atoms with Gasteiger partial charge in [-0.25, -0.2) is 0 Å². The summed E-state index contributed by atoms with van der Waals surface area (Å²) in [5.41, 5.74) is 3.93. The molecule has 1 aromatic heterocycles. The quantitative estimate of drug-likeness (QED) is 0.600. The van der Waals surface area contributed by atoms with Crippen molar-refractivity contribution in [3.63, 3.8) is 0 Å². The third-order valence-corrected chi connectivity index (χ3v) is 4.60. The van der Waals surface area contributed by atoms with Crippen molar-refractivity contribution in [3.8, 4) is 0 Å². The molecule has 1 aromatic carbocycles. The molecule has 22 heavy (non-hydrogen) atoms. The third-order valence-electron chi connectivity index (χ3n) is 4.60. The molecule has 1 aliphatic carbocycles. The van der Waals surface area contributed by atoms with Crippen molar-refractivity contribution in [3.05, 3.63) is 35.5 Å². The van der Waals surface area contributed by atoms with Gasteiger partial charge in [-0.2, -0.15) is 0 Å². The molecule has 4 heteroatoms. The van der Waals surface area contributed by atoms with Gasteiger partial charge in [-0.15, -0.1) is 0 Å². The van der Waals surface area contributed by atoms with Crippen LogP contribution in [0.1, 0.15) is 36.8 Å². The lowest BCUT2D eigenvalue weighted by Crippen LogP contribution is -2.42. The second-order valence-corrected chi connectivity index (χ2v) is 6.19. The van der Waals surface area contributed by atoms with E-state index in [9.17, 15) is 0 Å². The number of hydrogen-bond donors (Lipinski definition) is 3. The standard InChI is InChI=1S/C18H26N4/c1-13-6-5-9-16-17(13)14(12-21-16)10-11-20-18(19-2)22-15-7-3-4-8-15/h5-6,9,12,15,21H,3-4,7-8,10-11H2,1-2H3,(H2,19,20,22). The zero-order chi connectivity index (χ0) is 15.4. The Morgan fingerprint density at radius 1 is 1.32 bits per heavy atom. The molecule has 1 aliphatic rings. The molecule has 0 amide bonds. The number of guanidine groups is 1. The van der Waals surface area contributed by atoms with Gasteiger partial charge in [0.05, 0.1) is 0 Å². The van der Waals surface area contributed by atoms with Crippen LogP contribution in [0.4, 0.5) is 0 Å². The summed E-state index contributed by atoms with van der Waals surface area (Å²) in [6.45, 7) is 3.07. The van der Waals surface area contributed by atoms with Gasteiger partial charge >= 0.3 is 0 Å². The van der Waals surface area contributed by atoms with Gasteiger partial charge in [0.15, 0.2) is 5.96 Å². The molecule has 0 saturated heterocycles. The molecule has 118 valence electrons. The highest BCUT2D eigenvalue weighted by molar-refractivity contribution is 5.86. The molecule has 0 unspecified atom stereocenters. The number of fused-ring (bicyclic) bond motifs is 1. The van der Waals surface area contributed by atoms with Gasteiger partial charge in [0, 0.05) is 36.7 Å². The molecular weight excluding hydrogens is 272 g/mol. The Bertz CT molecular complexity index is 650. The number of aliphatic imine (C=N–C) groups is 1. The summed E-state index contributed by atoms with van der Waals surface area (Å²) in [6.07, 6.45) is 8.33. The fraction of sp³-hybridized carbons (Fsp3) is 0.500. The minimum absolute atomic E-state index is 0.599. The molecule has 0 spiro atoms. The van der Waals surface area contributed by atoms with Crippen LogP contribution < -0.4 is 10.6 Å². The lowest BCUT2D eigenvalue weighted by molar-refractivity contribution is 0.613. The maximum absolute atomic E-state index is 4.34. The van der Waals surface area contributed by atoms with Crippen LogP contribution in [-0.4, -0.2) is 30.6 Å². The van der Waals surface area contributed by atoms with Gasteiger partial charge < -0.3 is 15.6 Å². The largest absolute Gasteiger partial charge is 0.361 e. The molecule has 0 atom stereocenters. The highest BCUT2D eigenvalue weighted by Gasteiger charge is 2.15. The highest BCUT2D eigenvalue weighted by atomic mass is 15.2. The van der Waals surface area contributed by atoms with E-state index in [0.717, 1.165) is 18.9 Å². The molecular formula is C18H26N4. The molecule has 1 fully saturated rings. The summed E-state index contributed by atoms with van der Waals surface area (Å²) >= 11 is 0. The fourth-order valence-corrected chi connectivity index (χ4v) is 3.42. The number of aromatic nitrogens is 1. The minimum atomic E-state index is 0.599. The summed E-state index contributed by atoms with van der Waals surface area (Å²) in [6, 6.07) is 7.01. The number of aryl methyl sites for hydroxylation is 1.